The maximum atomic E-state index is 13.5. The van der Waals surface area contributed by atoms with Gasteiger partial charge in [0.15, 0.2) is 8.24 Å². The van der Waals surface area contributed by atoms with Crippen molar-refractivity contribution in [1.82, 2.24) is 3.38 Å². The summed E-state index contributed by atoms with van der Waals surface area (Å²) in [4.78, 5) is 12.5. The van der Waals surface area contributed by atoms with Crippen molar-refractivity contribution in [3.05, 3.63) is 35.9 Å². The van der Waals surface area contributed by atoms with Gasteiger partial charge in [0.05, 0.1) is 12.2 Å². The van der Waals surface area contributed by atoms with E-state index >= 15 is 0 Å². The SMILES string of the molecule is CC1(C)[C@H]2C[C@@H]([Si](C)(C)N(S(=O)(=O)C(F)(F)F)S(=O)(=O)C(F)(F)F)[C@@H](COC(=O)c3ccccc3)[C@@H]1C2. The molecule has 2 bridgehead atoms. The Balaban J connectivity index is 2.08. The van der Waals surface area contributed by atoms with Crippen LogP contribution in [-0.2, 0) is 24.8 Å². The summed E-state index contributed by atoms with van der Waals surface area (Å²) in [5.41, 5.74) is -14.0. The Kier molecular flexibility index (Phi) is 7.45. The minimum Gasteiger partial charge on any atom is -0.462 e. The van der Waals surface area contributed by atoms with Crippen molar-refractivity contribution in [3.63, 3.8) is 0 Å². The molecule has 3 aliphatic carbocycles. The second-order valence-electron chi connectivity index (χ2n) is 10.6. The first kappa shape index (κ1) is 29.9. The molecule has 1 aromatic carbocycles. The fourth-order valence-corrected chi connectivity index (χ4v) is 16.7. The highest BCUT2D eigenvalue weighted by Crippen LogP contribution is 2.67. The van der Waals surface area contributed by atoms with Crippen molar-refractivity contribution >= 4 is 34.3 Å². The van der Waals surface area contributed by atoms with Crippen LogP contribution in [-0.4, -0.2) is 52.0 Å². The molecule has 0 heterocycles. The van der Waals surface area contributed by atoms with Crippen molar-refractivity contribution in [1.29, 1.82) is 0 Å². The lowest BCUT2D eigenvalue weighted by Gasteiger charge is -2.64. The van der Waals surface area contributed by atoms with Crippen LogP contribution in [0.5, 0.6) is 0 Å². The molecule has 0 amide bonds. The summed E-state index contributed by atoms with van der Waals surface area (Å²) in [5, 5.41) is 0. The number of hydrogen-bond acceptors (Lipinski definition) is 6. The van der Waals surface area contributed by atoms with Crippen LogP contribution in [0.4, 0.5) is 26.3 Å². The van der Waals surface area contributed by atoms with Gasteiger partial charge in [0, 0.05) is 0 Å². The van der Waals surface area contributed by atoms with Gasteiger partial charge in [-0.1, -0.05) is 45.1 Å². The van der Waals surface area contributed by atoms with Gasteiger partial charge in [0.1, 0.15) is 0 Å². The second kappa shape index (κ2) is 9.22. The Bertz CT molecular complexity index is 1200. The van der Waals surface area contributed by atoms with E-state index in [1.54, 1.807) is 18.2 Å². The summed E-state index contributed by atoms with van der Waals surface area (Å²) >= 11 is 0. The number of nitrogens with zero attached hydrogens (tertiary/aromatic N) is 1. The van der Waals surface area contributed by atoms with E-state index in [9.17, 15) is 48.0 Å². The van der Waals surface area contributed by atoms with Gasteiger partial charge in [0.25, 0.3) is 0 Å². The Morgan fingerprint density at radius 1 is 0.973 bits per heavy atom. The molecule has 210 valence electrons. The van der Waals surface area contributed by atoms with Crippen LogP contribution in [0.1, 0.15) is 37.0 Å². The molecular formula is C21H27F6NO6S2Si. The van der Waals surface area contributed by atoms with E-state index < -0.39 is 72.1 Å². The van der Waals surface area contributed by atoms with Gasteiger partial charge in [-0.2, -0.15) is 26.3 Å². The number of carbonyl (C=O) groups excluding carboxylic acids is 1. The van der Waals surface area contributed by atoms with Gasteiger partial charge in [-0.05, 0) is 53.7 Å². The van der Waals surface area contributed by atoms with Crippen LogP contribution in [0.2, 0.25) is 18.6 Å². The normalized spacial score (nSPS) is 26.5. The predicted octanol–water partition coefficient (Wildman–Crippen LogP) is 5.10. The van der Waals surface area contributed by atoms with Crippen molar-refractivity contribution in [2.24, 2.45) is 23.2 Å². The minimum atomic E-state index is -6.94. The Hall–Kier alpha value is -1.65. The number of alkyl halides is 6. The van der Waals surface area contributed by atoms with Gasteiger partial charge >= 0.3 is 37.0 Å². The first-order chi connectivity index (χ1) is 16.6. The minimum absolute atomic E-state index is 0.00642. The zero-order valence-corrected chi connectivity index (χ0v) is 22.9. The number of fused-ring (bicyclic) bond motifs is 2. The average molecular weight is 596 g/mol. The van der Waals surface area contributed by atoms with E-state index in [0.717, 1.165) is 13.1 Å². The standard InChI is InChI=1S/C21H27F6NO6S2Si/c1-19(2)14-10-16(19)15(12-34-18(29)13-8-6-5-7-9-13)17(11-14)37(3,4)28(35(30,31)20(22,23)24)36(32,33)21(25,26)27/h5-9,14-17H,10-12H2,1-4H3/t14-,15+,16+,17-/m1/s1. The number of halogens is 6. The van der Waals surface area contributed by atoms with Crippen LogP contribution < -0.4 is 0 Å². The number of hydrogen-bond donors (Lipinski definition) is 0. The third-order valence-corrected chi connectivity index (χ3v) is 18.8. The summed E-state index contributed by atoms with van der Waals surface area (Å²) in [6, 6.07) is 7.69. The third-order valence-electron chi connectivity index (χ3n) is 7.93. The third kappa shape index (κ3) is 4.93. The number of rotatable bonds is 7. The highest BCUT2D eigenvalue weighted by Gasteiger charge is 2.70. The molecule has 3 aliphatic rings. The number of benzene rings is 1. The van der Waals surface area contributed by atoms with Crippen LogP contribution in [0.15, 0.2) is 30.3 Å². The van der Waals surface area contributed by atoms with E-state index in [4.69, 9.17) is 4.74 Å². The highest BCUT2D eigenvalue weighted by molar-refractivity contribution is 8.06. The molecule has 7 nitrogen and oxygen atoms in total. The molecule has 4 rings (SSSR count). The smallest absolute Gasteiger partial charge is 0.462 e. The van der Waals surface area contributed by atoms with Gasteiger partial charge in [0.2, 0.25) is 0 Å². The zero-order valence-electron chi connectivity index (χ0n) is 20.3. The summed E-state index contributed by atoms with van der Waals surface area (Å²) < 4.78 is 135. The number of carbonyl (C=O) groups is 1. The van der Waals surface area contributed by atoms with E-state index in [1.165, 1.54) is 12.1 Å². The molecule has 3 fully saturated rings. The van der Waals surface area contributed by atoms with Gasteiger partial charge in [-0.3, -0.25) is 0 Å². The predicted molar refractivity (Wildman–Crippen MR) is 123 cm³/mol. The first-order valence-corrected chi connectivity index (χ1v) is 17.1. The van der Waals surface area contributed by atoms with Crippen molar-refractivity contribution in [2.75, 3.05) is 6.61 Å². The molecule has 0 aliphatic heterocycles. The number of sulfonamides is 2. The molecule has 0 N–H and O–H groups in total. The second-order valence-corrected chi connectivity index (χ2v) is 19.5. The maximum absolute atomic E-state index is 13.5. The fourth-order valence-electron chi connectivity index (χ4n) is 5.89. The van der Waals surface area contributed by atoms with E-state index in [1.807, 2.05) is 13.8 Å². The lowest BCUT2D eigenvalue weighted by molar-refractivity contribution is -0.119. The van der Waals surface area contributed by atoms with Gasteiger partial charge in [-0.25, -0.2) is 21.6 Å². The molecule has 0 aromatic heterocycles. The first-order valence-electron chi connectivity index (χ1n) is 11.2. The van der Waals surface area contributed by atoms with E-state index in [0.29, 0.717) is 6.42 Å². The molecule has 0 spiro atoms. The molecule has 4 atom stereocenters. The molecular weight excluding hydrogens is 568 g/mol. The Morgan fingerprint density at radius 3 is 1.89 bits per heavy atom. The zero-order chi connectivity index (χ0) is 28.4. The number of esters is 1. The van der Waals surface area contributed by atoms with Crippen LogP contribution in [0.3, 0.4) is 0 Å². The quantitative estimate of drug-likeness (QED) is 0.247. The van der Waals surface area contributed by atoms with Crippen molar-refractivity contribution < 1.29 is 52.7 Å². The molecule has 1 aromatic rings. The lowest BCUT2D eigenvalue weighted by Crippen LogP contribution is -2.67. The molecule has 0 saturated heterocycles. The number of ether oxygens (including phenoxy) is 1. The highest BCUT2D eigenvalue weighted by atomic mass is 32.3. The summed E-state index contributed by atoms with van der Waals surface area (Å²) in [7, 11) is -18.6. The van der Waals surface area contributed by atoms with Gasteiger partial charge in [-0.15, -0.1) is 3.38 Å². The molecule has 3 saturated carbocycles. The Labute approximate surface area is 212 Å². The largest absolute Gasteiger partial charge is 0.512 e. The lowest BCUT2D eigenvalue weighted by atomic mass is 9.45. The monoisotopic (exact) mass is 595 g/mol. The van der Waals surface area contributed by atoms with Crippen LogP contribution in [0.25, 0.3) is 0 Å². The van der Waals surface area contributed by atoms with Crippen LogP contribution in [0, 0.1) is 23.2 Å². The molecule has 16 heteroatoms. The summed E-state index contributed by atoms with van der Waals surface area (Å²) in [6.07, 6.45) is 0.535. The maximum Gasteiger partial charge on any atom is 0.512 e. The summed E-state index contributed by atoms with van der Waals surface area (Å²) in [6.45, 7) is 5.04. The van der Waals surface area contributed by atoms with Crippen molar-refractivity contribution in [2.45, 2.75) is 56.3 Å². The van der Waals surface area contributed by atoms with E-state index in [2.05, 4.69) is 0 Å². The van der Waals surface area contributed by atoms with Gasteiger partial charge < -0.3 is 4.74 Å². The molecule has 37 heavy (non-hydrogen) atoms. The van der Waals surface area contributed by atoms with E-state index in [-0.39, 0.29) is 23.8 Å². The Morgan fingerprint density at radius 2 is 1.46 bits per heavy atom. The fraction of sp³-hybridized carbons (Fsp3) is 0.667. The average Bonchev–Trinajstić information content (AvgIpc) is 2.75. The topological polar surface area (TPSA) is 97.8 Å². The molecule has 0 unspecified atom stereocenters. The molecule has 0 radical (unpaired) electrons. The summed E-state index contributed by atoms with van der Waals surface area (Å²) in [5.74, 6) is -2.15. The van der Waals surface area contributed by atoms with Crippen LogP contribution >= 0.6 is 0 Å². The van der Waals surface area contributed by atoms with Crippen molar-refractivity contribution in [3.8, 4) is 0 Å².